The number of halogens is 1. The Bertz CT molecular complexity index is 516. The van der Waals surface area contributed by atoms with Crippen LogP contribution in [-0.4, -0.2) is 46.5 Å². The van der Waals surface area contributed by atoms with Crippen molar-refractivity contribution in [3.8, 4) is 0 Å². The van der Waals surface area contributed by atoms with Crippen molar-refractivity contribution < 1.29 is 19.1 Å². The zero-order valence-corrected chi connectivity index (χ0v) is 10.9. The lowest BCUT2D eigenvalue weighted by Crippen LogP contribution is -2.39. The second-order valence-corrected chi connectivity index (χ2v) is 4.65. The number of carbonyl (C=O) groups excluding carboxylic acids is 1. The summed E-state index contributed by atoms with van der Waals surface area (Å²) in [5.74, 6) is -2.11. The molecule has 0 aliphatic carbocycles. The predicted molar refractivity (Wildman–Crippen MR) is 70.1 cm³/mol. The third-order valence-corrected chi connectivity index (χ3v) is 3.20. The van der Waals surface area contributed by atoms with E-state index in [0.717, 1.165) is 44.6 Å². The number of anilines is 1. The quantitative estimate of drug-likeness (QED) is 0.870. The lowest BCUT2D eigenvalue weighted by Gasteiger charge is -2.26. The molecule has 1 aromatic rings. The van der Waals surface area contributed by atoms with E-state index < -0.39 is 11.8 Å². The summed E-state index contributed by atoms with van der Waals surface area (Å²) in [6.07, 6.45) is 4.02. The Labute approximate surface area is 115 Å². The van der Waals surface area contributed by atoms with Gasteiger partial charge in [-0.15, -0.1) is 0 Å². The van der Waals surface area contributed by atoms with Gasteiger partial charge < -0.3 is 15.3 Å². The molecule has 20 heavy (non-hydrogen) atoms. The Balaban J connectivity index is 1.99. The number of amides is 1. The summed E-state index contributed by atoms with van der Waals surface area (Å²) in [5.41, 5.74) is -0.281. The van der Waals surface area contributed by atoms with Crippen LogP contribution in [0.5, 0.6) is 0 Å². The molecule has 2 rings (SSSR count). The second-order valence-electron chi connectivity index (χ2n) is 4.65. The van der Waals surface area contributed by atoms with Gasteiger partial charge in [0.1, 0.15) is 17.2 Å². The molecule has 1 aliphatic rings. The third kappa shape index (κ3) is 3.43. The zero-order valence-electron chi connectivity index (χ0n) is 10.9. The first kappa shape index (κ1) is 14.2. The fourth-order valence-corrected chi connectivity index (χ4v) is 2.16. The number of pyridine rings is 1. The summed E-state index contributed by atoms with van der Waals surface area (Å²) < 4.78 is 13.0. The van der Waals surface area contributed by atoms with Crippen LogP contribution in [-0.2, 0) is 4.79 Å². The smallest absolute Gasteiger partial charge is 0.339 e. The maximum atomic E-state index is 13.0. The summed E-state index contributed by atoms with van der Waals surface area (Å²) in [7, 11) is 0. The molecule has 6 nitrogen and oxygen atoms in total. The molecular formula is C13H16FN3O3. The summed E-state index contributed by atoms with van der Waals surface area (Å²) in [6.45, 7) is 1.41. The van der Waals surface area contributed by atoms with Gasteiger partial charge in [-0.1, -0.05) is 0 Å². The van der Waals surface area contributed by atoms with Crippen LogP contribution in [0.2, 0.25) is 0 Å². The minimum absolute atomic E-state index is 0.00394. The molecule has 0 atom stereocenters. The topological polar surface area (TPSA) is 82.5 Å². The van der Waals surface area contributed by atoms with Crippen molar-refractivity contribution in [2.24, 2.45) is 0 Å². The van der Waals surface area contributed by atoms with Gasteiger partial charge in [-0.3, -0.25) is 4.79 Å². The first-order valence-electron chi connectivity index (χ1n) is 6.48. The van der Waals surface area contributed by atoms with Crippen molar-refractivity contribution in [3.63, 3.8) is 0 Å². The SMILES string of the molecule is O=C(O)c1cc(F)cnc1NCC(=O)N1CCCCC1. The fourth-order valence-electron chi connectivity index (χ4n) is 2.16. The molecule has 7 heteroatoms. The molecule has 2 N–H and O–H groups in total. The van der Waals surface area contributed by atoms with E-state index in [1.54, 1.807) is 4.90 Å². The molecule has 0 radical (unpaired) electrons. The van der Waals surface area contributed by atoms with Crippen molar-refractivity contribution in [2.45, 2.75) is 19.3 Å². The molecular weight excluding hydrogens is 265 g/mol. The molecule has 1 saturated heterocycles. The molecule has 1 fully saturated rings. The van der Waals surface area contributed by atoms with Gasteiger partial charge in [-0.05, 0) is 25.3 Å². The van der Waals surface area contributed by atoms with Gasteiger partial charge in [0.05, 0.1) is 12.7 Å². The van der Waals surface area contributed by atoms with Crippen LogP contribution >= 0.6 is 0 Å². The van der Waals surface area contributed by atoms with Crippen LogP contribution in [0.3, 0.4) is 0 Å². The van der Waals surface area contributed by atoms with Gasteiger partial charge in [-0.25, -0.2) is 14.2 Å². The maximum Gasteiger partial charge on any atom is 0.339 e. The zero-order chi connectivity index (χ0) is 14.5. The van der Waals surface area contributed by atoms with Crippen LogP contribution in [0.1, 0.15) is 29.6 Å². The number of aromatic carboxylic acids is 1. The maximum absolute atomic E-state index is 13.0. The highest BCUT2D eigenvalue weighted by Gasteiger charge is 2.18. The minimum Gasteiger partial charge on any atom is -0.478 e. The summed E-state index contributed by atoms with van der Waals surface area (Å²) in [6, 6.07) is 0.878. The Morgan fingerprint density at radius 2 is 2.05 bits per heavy atom. The van der Waals surface area contributed by atoms with Crippen molar-refractivity contribution >= 4 is 17.7 Å². The molecule has 0 saturated carbocycles. The predicted octanol–water partition coefficient (Wildman–Crippen LogP) is 1.34. The van der Waals surface area contributed by atoms with Crippen LogP contribution in [0, 0.1) is 5.82 Å². The van der Waals surface area contributed by atoms with E-state index in [0.29, 0.717) is 0 Å². The summed E-state index contributed by atoms with van der Waals surface area (Å²) in [5, 5.41) is 11.6. The van der Waals surface area contributed by atoms with Crippen LogP contribution in [0.15, 0.2) is 12.3 Å². The number of carbonyl (C=O) groups is 2. The van der Waals surface area contributed by atoms with Gasteiger partial charge in [0.25, 0.3) is 0 Å². The van der Waals surface area contributed by atoms with E-state index in [1.807, 2.05) is 0 Å². The van der Waals surface area contributed by atoms with Crippen LogP contribution < -0.4 is 5.32 Å². The number of piperidine rings is 1. The van der Waals surface area contributed by atoms with Gasteiger partial charge in [0.15, 0.2) is 0 Å². The number of likely N-dealkylation sites (tertiary alicyclic amines) is 1. The molecule has 2 heterocycles. The molecule has 1 amide bonds. The lowest BCUT2D eigenvalue weighted by atomic mass is 10.1. The monoisotopic (exact) mass is 281 g/mol. The molecule has 1 aromatic heterocycles. The molecule has 0 unspecified atom stereocenters. The number of aromatic nitrogens is 1. The standard InChI is InChI=1S/C13H16FN3O3/c14-9-6-10(13(19)20)12(15-7-9)16-8-11(18)17-4-2-1-3-5-17/h6-7H,1-5,8H2,(H,15,16)(H,19,20). The molecule has 0 spiro atoms. The van der Waals surface area contributed by atoms with E-state index in [-0.39, 0.29) is 23.8 Å². The number of hydrogen-bond acceptors (Lipinski definition) is 4. The number of nitrogens with zero attached hydrogens (tertiary/aromatic N) is 2. The largest absolute Gasteiger partial charge is 0.478 e. The lowest BCUT2D eigenvalue weighted by molar-refractivity contribution is -0.130. The summed E-state index contributed by atoms with van der Waals surface area (Å²) in [4.78, 5) is 28.3. The van der Waals surface area contributed by atoms with E-state index in [9.17, 15) is 14.0 Å². The number of nitrogens with one attached hydrogen (secondary N) is 1. The Morgan fingerprint density at radius 1 is 1.35 bits per heavy atom. The van der Waals surface area contributed by atoms with Crippen LogP contribution in [0.4, 0.5) is 10.2 Å². The average Bonchev–Trinajstić information content (AvgIpc) is 2.46. The highest BCUT2D eigenvalue weighted by Crippen LogP contribution is 2.14. The molecule has 0 aromatic carbocycles. The molecule has 108 valence electrons. The van der Waals surface area contributed by atoms with Gasteiger partial charge in [0, 0.05) is 13.1 Å². The van der Waals surface area contributed by atoms with Crippen molar-refractivity contribution in [2.75, 3.05) is 25.0 Å². The van der Waals surface area contributed by atoms with Gasteiger partial charge >= 0.3 is 5.97 Å². The molecule has 1 aliphatic heterocycles. The average molecular weight is 281 g/mol. The van der Waals surface area contributed by atoms with E-state index in [1.165, 1.54) is 0 Å². The number of carboxylic acid groups (broad SMARTS) is 1. The van der Waals surface area contributed by atoms with Gasteiger partial charge in [-0.2, -0.15) is 0 Å². The van der Waals surface area contributed by atoms with Crippen molar-refractivity contribution in [1.29, 1.82) is 0 Å². The Morgan fingerprint density at radius 3 is 2.70 bits per heavy atom. The minimum atomic E-state index is -1.29. The van der Waals surface area contributed by atoms with Crippen molar-refractivity contribution in [3.05, 3.63) is 23.6 Å². The second kappa shape index (κ2) is 6.31. The van der Waals surface area contributed by atoms with E-state index in [4.69, 9.17) is 5.11 Å². The normalized spacial score (nSPS) is 14.9. The Hall–Kier alpha value is -2.18. The number of carboxylic acids is 1. The summed E-state index contributed by atoms with van der Waals surface area (Å²) >= 11 is 0. The van der Waals surface area contributed by atoms with Gasteiger partial charge in [0.2, 0.25) is 5.91 Å². The first-order chi connectivity index (χ1) is 9.58. The first-order valence-corrected chi connectivity index (χ1v) is 6.48. The molecule has 0 bridgehead atoms. The number of rotatable bonds is 4. The van der Waals surface area contributed by atoms with E-state index in [2.05, 4.69) is 10.3 Å². The number of hydrogen-bond donors (Lipinski definition) is 2. The third-order valence-electron chi connectivity index (χ3n) is 3.20. The fraction of sp³-hybridized carbons (Fsp3) is 0.462. The van der Waals surface area contributed by atoms with E-state index >= 15 is 0 Å². The highest BCUT2D eigenvalue weighted by atomic mass is 19.1. The van der Waals surface area contributed by atoms with Crippen molar-refractivity contribution in [1.82, 2.24) is 9.88 Å². The van der Waals surface area contributed by atoms with Crippen LogP contribution in [0.25, 0.3) is 0 Å². The highest BCUT2D eigenvalue weighted by molar-refractivity contribution is 5.93. The Kier molecular flexibility index (Phi) is 4.49.